The van der Waals surface area contributed by atoms with Crippen LogP contribution in [0.5, 0.6) is 0 Å². The molecule has 0 radical (unpaired) electrons. The average molecular weight is 382 g/mol. The molecule has 3 heterocycles. The van der Waals surface area contributed by atoms with Gasteiger partial charge in [-0.1, -0.05) is 30.3 Å². The van der Waals surface area contributed by atoms with Gasteiger partial charge in [0.25, 0.3) is 5.56 Å². The summed E-state index contributed by atoms with van der Waals surface area (Å²) in [5.41, 5.74) is 1.72. The lowest BCUT2D eigenvalue weighted by molar-refractivity contribution is -0.139. The number of aromatic nitrogens is 2. The first-order valence-corrected chi connectivity index (χ1v) is 9.93. The Hall–Kier alpha value is -2.67. The molecule has 0 N–H and O–H groups in total. The Morgan fingerprint density at radius 2 is 1.93 bits per heavy atom. The largest absolute Gasteiger partial charge is 0.378 e. The second-order valence-electron chi connectivity index (χ2n) is 7.42. The molecule has 0 saturated carbocycles. The fourth-order valence-electron chi connectivity index (χ4n) is 3.93. The molecule has 0 spiro atoms. The van der Waals surface area contributed by atoms with Crippen LogP contribution in [-0.4, -0.2) is 60.0 Å². The summed E-state index contributed by atoms with van der Waals surface area (Å²) in [6.07, 6.45) is 3.57. The third kappa shape index (κ3) is 4.25. The van der Waals surface area contributed by atoms with Gasteiger partial charge in [-0.25, -0.2) is 4.68 Å². The molecule has 7 nitrogen and oxygen atoms in total. The van der Waals surface area contributed by atoms with Crippen LogP contribution in [0.1, 0.15) is 18.4 Å². The van der Waals surface area contributed by atoms with E-state index in [1.807, 2.05) is 35.2 Å². The minimum atomic E-state index is -0.122. The van der Waals surface area contributed by atoms with Crippen LogP contribution in [0.2, 0.25) is 0 Å². The standard InChI is InChI=1S/C21H26N4O3/c26-20-13-19(14-22-25(20)15-17-5-2-1-3-6-17)24-8-4-7-18(16-24)21(27)23-9-11-28-12-10-23/h1-3,5-6,13-14,18H,4,7-12,15-16H2/t18-/m0/s1. The molecule has 2 aliphatic rings. The quantitative estimate of drug-likeness (QED) is 0.799. The van der Waals surface area contributed by atoms with Gasteiger partial charge in [-0.3, -0.25) is 9.59 Å². The number of ether oxygens (including phenoxy) is 1. The average Bonchev–Trinajstić information content (AvgIpc) is 2.76. The molecule has 4 rings (SSSR count). The van der Waals surface area contributed by atoms with Crippen molar-refractivity contribution in [1.29, 1.82) is 0 Å². The predicted octanol–water partition coefficient (Wildman–Crippen LogP) is 1.37. The fourth-order valence-corrected chi connectivity index (χ4v) is 3.93. The van der Waals surface area contributed by atoms with E-state index in [0.717, 1.165) is 30.6 Å². The van der Waals surface area contributed by atoms with Gasteiger partial charge < -0.3 is 14.5 Å². The summed E-state index contributed by atoms with van der Waals surface area (Å²) in [6.45, 7) is 4.52. The first-order valence-electron chi connectivity index (χ1n) is 9.93. The number of anilines is 1. The number of carbonyl (C=O) groups is 1. The van der Waals surface area contributed by atoms with Crippen molar-refractivity contribution in [3.63, 3.8) is 0 Å². The zero-order chi connectivity index (χ0) is 19.3. The summed E-state index contributed by atoms with van der Waals surface area (Å²) in [7, 11) is 0. The minimum absolute atomic E-state index is 0.0291. The van der Waals surface area contributed by atoms with Gasteiger partial charge in [0, 0.05) is 32.2 Å². The first-order chi connectivity index (χ1) is 13.7. The normalized spacial score (nSPS) is 20.2. The van der Waals surface area contributed by atoms with Crippen molar-refractivity contribution >= 4 is 11.6 Å². The maximum absolute atomic E-state index is 12.8. The molecule has 148 valence electrons. The highest BCUT2D eigenvalue weighted by Gasteiger charge is 2.30. The number of benzene rings is 1. The molecule has 2 aliphatic heterocycles. The summed E-state index contributed by atoms with van der Waals surface area (Å²) in [5, 5.41) is 4.36. The Bertz CT molecular complexity index is 861. The van der Waals surface area contributed by atoms with E-state index < -0.39 is 0 Å². The van der Waals surface area contributed by atoms with Crippen LogP contribution in [0.15, 0.2) is 47.4 Å². The van der Waals surface area contributed by atoms with E-state index in [2.05, 4.69) is 10.00 Å². The zero-order valence-electron chi connectivity index (χ0n) is 16.0. The van der Waals surface area contributed by atoms with Gasteiger partial charge in [-0.2, -0.15) is 5.10 Å². The summed E-state index contributed by atoms with van der Waals surface area (Å²) < 4.78 is 6.82. The van der Waals surface area contributed by atoms with E-state index in [1.165, 1.54) is 4.68 Å². The fraction of sp³-hybridized carbons (Fsp3) is 0.476. The molecule has 1 amide bonds. The number of nitrogens with zero attached hydrogens (tertiary/aromatic N) is 4. The Morgan fingerprint density at radius 1 is 1.14 bits per heavy atom. The number of hydrogen-bond donors (Lipinski definition) is 0. The van der Waals surface area contributed by atoms with Crippen LogP contribution in [0.25, 0.3) is 0 Å². The van der Waals surface area contributed by atoms with Crippen LogP contribution >= 0.6 is 0 Å². The maximum Gasteiger partial charge on any atom is 0.269 e. The molecule has 7 heteroatoms. The van der Waals surface area contributed by atoms with Crippen LogP contribution < -0.4 is 10.5 Å². The predicted molar refractivity (Wildman–Crippen MR) is 106 cm³/mol. The van der Waals surface area contributed by atoms with Gasteiger partial charge in [0.1, 0.15) is 0 Å². The summed E-state index contributed by atoms with van der Waals surface area (Å²) in [4.78, 5) is 29.4. The number of piperidine rings is 1. The van der Waals surface area contributed by atoms with Crippen LogP contribution in [0.3, 0.4) is 0 Å². The van der Waals surface area contributed by atoms with Crippen molar-refractivity contribution < 1.29 is 9.53 Å². The van der Waals surface area contributed by atoms with Gasteiger partial charge in [0.05, 0.1) is 37.6 Å². The van der Waals surface area contributed by atoms with Gasteiger partial charge in [0.2, 0.25) is 5.91 Å². The number of carbonyl (C=O) groups excluding carboxylic acids is 1. The van der Waals surface area contributed by atoms with E-state index >= 15 is 0 Å². The Balaban J connectivity index is 1.44. The van der Waals surface area contributed by atoms with E-state index in [9.17, 15) is 9.59 Å². The van der Waals surface area contributed by atoms with Gasteiger partial charge in [-0.05, 0) is 18.4 Å². The topological polar surface area (TPSA) is 67.7 Å². The second-order valence-corrected chi connectivity index (χ2v) is 7.42. The van der Waals surface area contributed by atoms with Crippen molar-refractivity contribution in [3.05, 3.63) is 58.5 Å². The molecule has 1 aromatic heterocycles. The molecule has 2 fully saturated rings. The van der Waals surface area contributed by atoms with E-state index in [0.29, 0.717) is 39.4 Å². The molecule has 0 unspecified atom stereocenters. The monoisotopic (exact) mass is 382 g/mol. The van der Waals surface area contributed by atoms with Crippen LogP contribution in [-0.2, 0) is 16.1 Å². The summed E-state index contributed by atoms with van der Waals surface area (Å²) >= 11 is 0. The lowest BCUT2D eigenvalue weighted by Crippen LogP contribution is -2.48. The van der Waals surface area contributed by atoms with Gasteiger partial charge in [0.15, 0.2) is 0 Å². The van der Waals surface area contributed by atoms with Crippen molar-refractivity contribution in [2.24, 2.45) is 5.92 Å². The molecule has 0 bridgehead atoms. The lowest BCUT2D eigenvalue weighted by atomic mass is 9.96. The third-order valence-electron chi connectivity index (χ3n) is 5.49. The maximum atomic E-state index is 12.8. The van der Waals surface area contributed by atoms with Crippen molar-refractivity contribution in [3.8, 4) is 0 Å². The number of amides is 1. The van der Waals surface area contributed by atoms with Crippen molar-refractivity contribution in [1.82, 2.24) is 14.7 Å². The highest BCUT2D eigenvalue weighted by atomic mass is 16.5. The lowest BCUT2D eigenvalue weighted by Gasteiger charge is -2.37. The number of rotatable bonds is 4. The molecule has 2 saturated heterocycles. The van der Waals surface area contributed by atoms with Crippen LogP contribution in [0, 0.1) is 5.92 Å². The number of hydrogen-bond acceptors (Lipinski definition) is 5. The highest BCUT2D eigenvalue weighted by molar-refractivity contribution is 5.80. The van der Waals surface area contributed by atoms with Gasteiger partial charge in [-0.15, -0.1) is 0 Å². The molecule has 28 heavy (non-hydrogen) atoms. The number of morpholine rings is 1. The smallest absolute Gasteiger partial charge is 0.269 e. The molecule has 1 aromatic carbocycles. The minimum Gasteiger partial charge on any atom is -0.378 e. The van der Waals surface area contributed by atoms with Crippen molar-refractivity contribution in [2.75, 3.05) is 44.3 Å². The van der Waals surface area contributed by atoms with Gasteiger partial charge >= 0.3 is 0 Å². The first kappa shape index (κ1) is 18.7. The van der Waals surface area contributed by atoms with E-state index in [4.69, 9.17) is 4.74 Å². The Morgan fingerprint density at radius 3 is 2.68 bits per heavy atom. The summed E-state index contributed by atoms with van der Waals surface area (Å²) in [6, 6.07) is 11.5. The van der Waals surface area contributed by atoms with E-state index in [-0.39, 0.29) is 17.4 Å². The van der Waals surface area contributed by atoms with E-state index in [1.54, 1.807) is 12.3 Å². The summed E-state index contributed by atoms with van der Waals surface area (Å²) in [5.74, 6) is 0.178. The Labute approximate surface area is 164 Å². The van der Waals surface area contributed by atoms with Crippen molar-refractivity contribution in [2.45, 2.75) is 19.4 Å². The molecular formula is C21H26N4O3. The molecule has 2 aromatic rings. The molecule has 0 aliphatic carbocycles. The molecule has 1 atom stereocenters. The highest BCUT2D eigenvalue weighted by Crippen LogP contribution is 2.23. The Kier molecular flexibility index (Phi) is 5.71. The third-order valence-corrected chi connectivity index (χ3v) is 5.49. The second kappa shape index (κ2) is 8.56. The zero-order valence-corrected chi connectivity index (χ0v) is 16.0. The van der Waals surface area contributed by atoms with Crippen LogP contribution in [0.4, 0.5) is 5.69 Å². The SMILES string of the molecule is O=C([C@H]1CCCN(c2cnn(Cc3ccccc3)c(=O)c2)C1)N1CCOCC1. The molecular weight excluding hydrogens is 356 g/mol.